The van der Waals surface area contributed by atoms with E-state index < -0.39 is 10.0 Å². The zero-order valence-electron chi connectivity index (χ0n) is 18.7. The molecule has 0 atom stereocenters. The molecule has 1 amide bonds. The van der Waals surface area contributed by atoms with Gasteiger partial charge in [-0.05, 0) is 44.4 Å². The smallest absolute Gasteiger partial charge is 0.255 e. The molecule has 0 bridgehead atoms. The van der Waals surface area contributed by atoms with E-state index in [1.54, 1.807) is 18.2 Å². The number of piperazine rings is 2. The van der Waals surface area contributed by atoms with Crippen LogP contribution in [0.3, 0.4) is 0 Å². The number of carbonyl (C=O) groups is 1. The van der Waals surface area contributed by atoms with Crippen LogP contribution in [0.5, 0.6) is 0 Å². The molecule has 2 saturated heterocycles. The van der Waals surface area contributed by atoms with Gasteiger partial charge in [0.2, 0.25) is 10.0 Å². The predicted molar refractivity (Wildman–Crippen MR) is 127 cm³/mol. The molecule has 0 aromatic heterocycles. The standard InChI is InChI=1S/C23H31N5O3S/c1-25-10-14-27(15-11-25)22-9-4-3-8-21(22)24-23(29)19-6-5-7-20(18-19)32(30,31)28-16-12-26(2)13-17-28/h3-9,18H,10-17H2,1-2H3,(H,24,29). The van der Waals surface area contributed by atoms with E-state index in [9.17, 15) is 13.2 Å². The summed E-state index contributed by atoms with van der Waals surface area (Å²) in [5, 5.41) is 2.99. The van der Waals surface area contributed by atoms with Crippen LogP contribution >= 0.6 is 0 Å². The summed E-state index contributed by atoms with van der Waals surface area (Å²) in [6.45, 7) is 6.01. The summed E-state index contributed by atoms with van der Waals surface area (Å²) >= 11 is 0. The Morgan fingerprint density at radius 1 is 0.812 bits per heavy atom. The molecule has 172 valence electrons. The van der Waals surface area contributed by atoms with Crippen LogP contribution in [0.1, 0.15) is 10.4 Å². The van der Waals surface area contributed by atoms with Crippen LogP contribution in [0.25, 0.3) is 0 Å². The number of rotatable bonds is 5. The highest BCUT2D eigenvalue weighted by Crippen LogP contribution is 2.27. The average Bonchev–Trinajstić information content (AvgIpc) is 2.80. The van der Waals surface area contributed by atoms with Crippen molar-refractivity contribution in [2.75, 3.05) is 76.7 Å². The monoisotopic (exact) mass is 457 g/mol. The number of benzene rings is 2. The maximum Gasteiger partial charge on any atom is 0.255 e. The molecular weight excluding hydrogens is 426 g/mol. The number of para-hydroxylation sites is 2. The second kappa shape index (κ2) is 9.58. The summed E-state index contributed by atoms with van der Waals surface area (Å²) in [4.78, 5) is 19.9. The summed E-state index contributed by atoms with van der Waals surface area (Å²) in [6, 6.07) is 14.1. The Kier molecular flexibility index (Phi) is 6.80. The van der Waals surface area contributed by atoms with Gasteiger partial charge in [0, 0.05) is 57.9 Å². The molecule has 4 rings (SSSR count). The third-order valence-electron chi connectivity index (χ3n) is 6.19. The van der Waals surface area contributed by atoms with E-state index in [0.717, 1.165) is 37.6 Å². The Balaban J connectivity index is 1.52. The summed E-state index contributed by atoms with van der Waals surface area (Å²) in [5.41, 5.74) is 2.04. The number of hydrogen-bond donors (Lipinski definition) is 1. The lowest BCUT2D eigenvalue weighted by Crippen LogP contribution is -2.47. The van der Waals surface area contributed by atoms with Gasteiger partial charge in [-0.15, -0.1) is 0 Å². The lowest BCUT2D eigenvalue weighted by Gasteiger charge is -2.35. The van der Waals surface area contributed by atoms with Crippen LogP contribution in [-0.2, 0) is 10.0 Å². The van der Waals surface area contributed by atoms with Crippen molar-refractivity contribution in [2.45, 2.75) is 4.90 Å². The summed E-state index contributed by atoms with van der Waals surface area (Å²) in [5.74, 6) is -0.318. The Morgan fingerprint density at radius 2 is 1.44 bits per heavy atom. The highest BCUT2D eigenvalue weighted by molar-refractivity contribution is 7.89. The van der Waals surface area contributed by atoms with Crippen molar-refractivity contribution >= 4 is 27.3 Å². The SMILES string of the molecule is CN1CCN(c2ccccc2NC(=O)c2cccc(S(=O)(=O)N3CCN(C)CC3)c2)CC1. The Morgan fingerprint density at radius 3 is 2.12 bits per heavy atom. The van der Waals surface area contributed by atoms with E-state index in [-0.39, 0.29) is 10.8 Å². The van der Waals surface area contributed by atoms with Gasteiger partial charge in [-0.25, -0.2) is 8.42 Å². The van der Waals surface area contributed by atoms with Crippen molar-refractivity contribution in [1.29, 1.82) is 0 Å². The third-order valence-corrected chi connectivity index (χ3v) is 8.09. The highest BCUT2D eigenvalue weighted by Gasteiger charge is 2.28. The molecule has 0 aliphatic carbocycles. The number of anilines is 2. The first-order chi connectivity index (χ1) is 15.3. The lowest BCUT2D eigenvalue weighted by molar-refractivity contribution is 0.102. The molecule has 8 nitrogen and oxygen atoms in total. The number of hydrogen-bond acceptors (Lipinski definition) is 6. The van der Waals surface area contributed by atoms with Crippen molar-refractivity contribution in [3.63, 3.8) is 0 Å². The molecule has 0 radical (unpaired) electrons. The van der Waals surface area contributed by atoms with Crippen LogP contribution in [0.15, 0.2) is 53.4 Å². The van der Waals surface area contributed by atoms with Crippen molar-refractivity contribution in [1.82, 2.24) is 14.1 Å². The molecule has 2 fully saturated rings. The molecule has 2 heterocycles. The fraction of sp³-hybridized carbons (Fsp3) is 0.435. The Labute approximate surface area is 190 Å². The van der Waals surface area contributed by atoms with E-state index >= 15 is 0 Å². The first kappa shape index (κ1) is 22.7. The normalized spacial score (nSPS) is 19.1. The molecular formula is C23H31N5O3S. The van der Waals surface area contributed by atoms with Gasteiger partial charge in [0.1, 0.15) is 0 Å². The largest absolute Gasteiger partial charge is 0.367 e. The van der Waals surface area contributed by atoms with Crippen LogP contribution in [0.2, 0.25) is 0 Å². The van der Waals surface area contributed by atoms with E-state index in [2.05, 4.69) is 27.1 Å². The Hall–Kier alpha value is -2.46. The highest BCUT2D eigenvalue weighted by atomic mass is 32.2. The van der Waals surface area contributed by atoms with E-state index in [4.69, 9.17) is 0 Å². The second-order valence-electron chi connectivity index (χ2n) is 8.50. The van der Waals surface area contributed by atoms with Gasteiger partial charge in [0.05, 0.1) is 16.3 Å². The van der Waals surface area contributed by atoms with Crippen LogP contribution in [0, 0.1) is 0 Å². The number of carbonyl (C=O) groups excluding carboxylic acids is 1. The van der Waals surface area contributed by atoms with Crippen molar-refractivity contribution in [3.8, 4) is 0 Å². The van der Waals surface area contributed by atoms with Crippen LogP contribution in [-0.4, -0.2) is 94.9 Å². The molecule has 0 saturated carbocycles. The second-order valence-corrected chi connectivity index (χ2v) is 10.4. The first-order valence-electron chi connectivity index (χ1n) is 11.0. The van der Waals surface area contributed by atoms with Gasteiger partial charge < -0.3 is 20.0 Å². The van der Waals surface area contributed by atoms with Crippen molar-refractivity contribution in [3.05, 3.63) is 54.1 Å². The molecule has 2 aromatic rings. The number of sulfonamides is 1. The first-order valence-corrected chi connectivity index (χ1v) is 12.4. The molecule has 9 heteroatoms. The van der Waals surface area contributed by atoms with Gasteiger partial charge in [-0.1, -0.05) is 18.2 Å². The zero-order valence-corrected chi connectivity index (χ0v) is 19.5. The van der Waals surface area contributed by atoms with Gasteiger partial charge >= 0.3 is 0 Å². The number of nitrogens with one attached hydrogen (secondary N) is 1. The average molecular weight is 458 g/mol. The maximum atomic E-state index is 13.1. The topological polar surface area (TPSA) is 76.2 Å². The summed E-state index contributed by atoms with van der Waals surface area (Å²) in [6.07, 6.45) is 0. The summed E-state index contributed by atoms with van der Waals surface area (Å²) in [7, 11) is 0.455. The predicted octanol–water partition coefficient (Wildman–Crippen LogP) is 1.63. The molecule has 1 N–H and O–H groups in total. The van der Waals surface area contributed by atoms with Crippen LogP contribution < -0.4 is 10.2 Å². The Bertz CT molecular complexity index is 1060. The van der Waals surface area contributed by atoms with E-state index in [0.29, 0.717) is 31.7 Å². The zero-order chi connectivity index (χ0) is 22.7. The fourth-order valence-electron chi connectivity index (χ4n) is 4.07. The quantitative estimate of drug-likeness (QED) is 0.736. The fourth-order valence-corrected chi connectivity index (χ4v) is 5.54. The van der Waals surface area contributed by atoms with Gasteiger partial charge in [0.25, 0.3) is 5.91 Å². The molecule has 0 unspecified atom stereocenters. The molecule has 2 aliphatic rings. The lowest BCUT2D eigenvalue weighted by atomic mass is 10.2. The molecule has 2 aliphatic heterocycles. The van der Waals surface area contributed by atoms with Gasteiger partial charge in [0.15, 0.2) is 0 Å². The number of likely N-dealkylation sites (N-methyl/N-ethyl adjacent to an activating group) is 2. The van der Waals surface area contributed by atoms with E-state index in [1.807, 2.05) is 31.3 Å². The van der Waals surface area contributed by atoms with E-state index in [1.165, 1.54) is 10.4 Å². The minimum absolute atomic E-state index is 0.155. The van der Waals surface area contributed by atoms with Crippen LogP contribution in [0.4, 0.5) is 11.4 Å². The minimum Gasteiger partial charge on any atom is -0.367 e. The molecule has 32 heavy (non-hydrogen) atoms. The number of nitrogens with zero attached hydrogens (tertiary/aromatic N) is 4. The number of amides is 1. The summed E-state index contributed by atoms with van der Waals surface area (Å²) < 4.78 is 27.7. The third kappa shape index (κ3) is 4.96. The minimum atomic E-state index is -3.63. The van der Waals surface area contributed by atoms with Crippen molar-refractivity contribution in [2.24, 2.45) is 0 Å². The molecule has 0 spiro atoms. The van der Waals surface area contributed by atoms with Gasteiger partial charge in [-0.3, -0.25) is 4.79 Å². The molecule has 2 aromatic carbocycles. The van der Waals surface area contributed by atoms with Crippen molar-refractivity contribution < 1.29 is 13.2 Å². The maximum absolute atomic E-state index is 13.1. The van der Waals surface area contributed by atoms with Gasteiger partial charge in [-0.2, -0.15) is 4.31 Å².